The summed E-state index contributed by atoms with van der Waals surface area (Å²) >= 11 is 0. The van der Waals surface area contributed by atoms with Gasteiger partial charge in [-0.1, -0.05) is 0 Å². The highest BCUT2D eigenvalue weighted by atomic mass is 19.1. The average molecular weight is 118 g/mol. The predicted octanol–water partition coefficient (Wildman–Crippen LogP) is 1.52. The number of carbonyl (C=O) groups excluding carboxylic acids is 1. The van der Waals surface area contributed by atoms with Crippen LogP contribution in [0.15, 0.2) is 24.8 Å². The van der Waals surface area contributed by atoms with Crippen molar-refractivity contribution in [3.8, 4) is 0 Å². The molecule has 0 spiro atoms. The van der Waals surface area contributed by atoms with E-state index < -0.39 is 5.78 Å². The fraction of sp³-hybridized carbons (Fsp3) is 0. The summed E-state index contributed by atoms with van der Waals surface area (Å²) in [7, 11) is 0. The minimum Gasteiger partial charge on any atom is -0.290 e. The van der Waals surface area contributed by atoms with Crippen molar-refractivity contribution in [3.05, 3.63) is 24.8 Å². The summed E-state index contributed by atoms with van der Waals surface area (Å²) in [5.74, 6) is -0.699. The number of allylic oxidation sites excluding steroid dienone is 2. The maximum absolute atomic E-state index is 11.0. The number of carbonyl (C=O) groups is 1. The third-order valence-corrected chi connectivity index (χ3v) is 0.455. The van der Waals surface area contributed by atoms with E-state index in [2.05, 4.69) is 0 Å². The number of rotatable bonds is 2. The topological polar surface area (TPSA) is 17.1 Å². The van der Waals surface area contributed by atoms with E-state index in [-0.39, 0.29) is 12.7 Å². The zero-order valence-electron chi connectivity index (χ0n) is 3.97. The molecule has 0 atom stereocenters. The van der Waals surface area contributed by atoms with Gasteiger partial charge in [-0.15, -0.1) is 0 Å². The number of ketones is 1. The van der Waals surface area contributed by atoms with Crippen molar-refractivity contribution in [2.45, 2.75) is 0 Å². The van der Waals surface area contributed by atoms with E-state index in [1.165, 1.54) is 0 Å². The lowest BCUT2D eigenvalue weighted by Gasteiger charge is -1.72. The summed E-state index contributed by atoms with van der Waals surface area (Å²) < 4.78 is 22.0. The summed E-state index contributed by atoms with van der Waals surface area (Å²) in [6, 6.07) is 0. The largest absolute Gasteiger partial charge is 0.290 e. The van der Waals surface area contributed by atoms with Crippen molar-refractivity contribution >= 4 is 5.78 Å². The number of hydrogen-bond donors (Lipinski definition) is 0. The summed E-state index contributed by atoms with van der Waals surface area (Å²) in [4.78, 5) is 9.99. The van der Waals surface area contributed by atoms with E-state index in [0.29, 0.717) is 12.2 Å². The molecule has 8 heavy (non-hydrogen) atoms. The Hall–Kier alpha value is -0.990. The molecule has 0 aromatic heterocycles. The van der Waals surface area contributed by atoms with Crippen molar-refractivity contribution < 1.29 is 13.6 Å². The van der Waals surface area contributed by atoms with Gasteiger partial charge in [0, 0.05) is 12.2 Å². The lowest BCUT2D eigenvalue weighted by atomic mass is 10.4. The normalized spacial score (nSPS) is 11.2. The average Bonchev–Trinajstić information content (AvgIpc) is 1.68. The Labute approximate surface area is 45.3 Å². The molecule has 0 fully saturated rings. The molecule has 0 unspecified atom stereocenters. The first kappa shape index (κ1) is 7.01. The first-order valence-corrected chi connectivity index (χ1v) is 1.88. The molecule has 0 bridgehead atoms. The minimum absolute atomic E-state index is 0.0579. The van der Waals surface area contributed by atoms with Crippen LogP contribution in [-0.4, -0.2) is 5.78 Å². The third-order valence-electron chi connectivity index (χ3n) is 0.455. The molecule has 3 heteroatoms. The van der Waals surface area contributed by atoms with E-state index in [0.717, 1.165) is 0 Å². The monoisotopic (exact) mass is 118 g/mol. The van der Waals surface area contributed by atoms with Crippen LogP contribution in [0.25, 0.3) is 0 Å². The van der Waals surface area contributed by atoms with Crippen molar-refractivity contribution in [2.75, 3.05) is 0 Å². The van der Waals surface area contributed by atoms with Crippen LogP contribution in [0.3, 0.4) is 0 Å². The maximum Gasteiger partial charge on any atom is 0.183 e. The SMILES string of the molecule is O=C(/C=C/F)/C=C/F. The standard InChI is InChI=1S/C5H4F2O/c6-3-1-5(8)2-4-7/h1-4H/b3-1+,4-2+. The molecule has 0 aromatic carbocycles. The molecule has 0 N–H and O–H groups in total. The van der Waals surface area contributed by atoms with Gasteiger partial charge in [0.05, 0.1) is 12.7 Å². The molecule has 0 heterocycles. The lowest BCUT2D eigenvalue weighted by molar-refractivity contribution is -0.110. The smallest absolute Gasteiger partial charge is 0.183 e. The van der Waals surface area contributed by atoms with Crippen LogP contribution >= 0.6 is 0 Å². The van der Waals surface area contributed by atoms with Gasteiger partial charge >= 0.3 is 0 Å². The van der Waals surface area contributed by atoms with Crippen LogP contribution in [0.4, 0.5) is 8.78 Å². The molecule has 0 saturated heterocycles. The lowest BCUT2D eigenvalue weighted by Crippen LogP contribution is -1.81. The van der Waals surface area contributed by atoms with Gasteiger partial charge in [0.2, 0.25) is 0 Å². The second kappa shape index (κ2) is 4.18. The van der Waals surface area contributed by atoms with Gasteiger partial charge in [-0.05, 0) is 0 Å². The molecular weight excluding hydrogens is 114 g/mol. The molecule has 0 rings (SSSR count). The maximum atomic E-state index is 11.0. The van der Waals surface area contributed by atoms with Crippen molar-refractivity contribution in [2.24, 2.45) is 0 Å². The highest BCUT2D eigenvalue weighted by Gasteiger charge is 1.83. The highest BCUT2D eigenvalue weighted by molar-refractivity contribution is 5.98. The zero-order valence-corrected chi connectivity index (χ0v) is 3.97. The zero-order chi connectivity index (χ0) is 6.41. The van der Waals surface area contributed by atoms with Crippen LogP contribution in [0.1, 0.15) is 0 Å². The minimum atomic E-state index is -0.699. The van der Waals surface area contributed by atoms with E-state index in [1.807, 2.05) is 0 Å². The first-order valence-electron chi connectivity index (χ1n) is 1.88. The molecule has 0 aromatic rings. The molecule has 0 saturated carbocycles. The van der Waals surface area contributed by atoms with Crippen molar-refractivity contribution in [1.29, 1.82) is 0 Å². The Bertz CT molecular complexity index is 112. The van der Waals surface area contributed by atoms with Crippen molar-refractivity contribution in [3.63, 3.8) is 0 Å². The van der Waals surface area contributed by atoms with Crippen molar-refractivity contribution in [1.82, 2.24) is 0 Å². The fourth-order valence-electron chi connectivity index (χ4n) is 0.180. The van der Waals surface area contributed by atoms with Gasteiger partial charge < -0.3 is 0 Å². The van der Waals surface area contributed by atoms with Gasteiger partial charge in [0.25, 0.3) is 0 Å². The predicted molar refractivity (Wildman–Crippen MR) is 25.5 cm³/mol. The quantitative estimate of drug-likeness (QED) is 0.502. The molecule has 0 aliphatic rings. The third kappa shape index (κ3) is 3.21. The second-order valence-electron chi connectivity index (χ2n) is 0.988. The Morgan fingerprint density at radius 1 is 1.12 bits per heavy atom. The molecule has 0 amide bonds. The Morgan fingerprint density at radius 3 is 1.75 bits per heavy atom. The molecule has 1 nitrogen and oxygen atoms in total. The van der Waals surface area contributed by atoms with Crippen LogP contribution in [0, 0.1) is 0 Å². The first-order chi connectivity index (χ1) is 3.81. The van der Waals surface area contributed by atoms with E-state index in [1.54, 1.807) is 0 Å². The molecule has 0 aliphatic heterocycles. The Kier molecular flexibility index (Phi) is 3.66. The van der Waals surface area contributed by atoms with E-state index >= 15 is 0 Å². The molecular formula is C5H4F2O. The Balaban J connectivity index is 3.66. The van der Waals surface area contributed by atoms with E-state index in [4.69, 9.17) is 0 Å². The molecule has 0 aliphatic carbocycles. The highest BCUT2D eigenvalue weighted by Crippen LogP contribution is 1.80. The molecule has 0 radical (unpaired) electrons. The van der Waals surface area contributed by atoms with Crippen LogP contribution < -0.4 is 0 Å². The van der Waals surface area contributed by atoms with Gasteiger partial charge in [0.15, 0.2) is 5.78 Å². The van der Waals surface area contributed by atoms with Crippen LogP contribution in [0.2, 0.25) is 0 Å². The van der Waals surface area contributed by atoms with Gasteiger partial charge in [0.1, 0.15) is 0 Å². The summed E-state index contributed by atoms with van der Waals surface area (Å²) in [5, 5.41) is 0. The van der Waals surface area contributed by atoms with Gasteiger partial charge in [-0.3, -0.25) is 4.79 Å². The second-order valence-corrected chi connectivity index (χ2v) is 0.988. The number of hydrogen-bond acceptors (Lipinski definition) is 1. The van der Waals surface area contributed by atoms with Crippen LogP contribution in [-0.2, 0) is 4.79 Å². The number of halogens is 2. The van der Waals surface area contributed by atoms with Crippen LogP contribution in [0.5, 0.6) is 0 Å². The summed E-state index contributed by atoms with van der Waals surface area (Å²) in [6.07, 6.45) is 1.36. The fourth-order valence-corrected chi connectivity index (χ4v) is 0.180. The van der Waals surface area contributed by atoms with Gasteiger partial charge in [-0.25, -0.2) is 8.78 Å². The van der Waals surface area contributed by atoms with E-state index in [9.17, 15) is 13.6 Å². The summed E-state index contributed by atoms with van der Waals surface area (Å²) in [5.41, 5.74) is 0. The van der Waals surface area contributed by atoms with Gasteiger partial charge in [-0.2, -0.15) is 0 Å². The Morgan fingerprint density at radius 2 is 1.50 bits per heavy atom. The molecule has 44 valence electrons. The summed E-state index contributed by atoms with van der Waals surface area (Å²) in [6.45, 7) is 0.